The minimum absolute atomic E-state index is 0.0537. The van der Waals surface area contributed by atoms with Gasteiger partial charge >= 0.3 is 0 Å². The van der Waals surface area contributed by atoms with Gasteiger partial charge in [0.2, 0.25) is 5.91 Å². The first-order chi connectivity index (χ1) is 7.77. The topological polar surface area (TPSA) is 48.0 Å². The van der Waals surface area contributed by atoms with Gasteiger partial charge in [0, 0.05) is 32.7 Å². The van der Waals surface area contributed by atoms with Crippen LogP contribution in [0.1, 0.15) is 20.3 Å². The largest absolute Gasteiger partial charge is 0.370 e. The lowest BCUT2D eigenvalue weighted by atomic mass is 10.3. The maximum absolute atomic E-state index is 11.4. The summed E-state index contributed by atoms with van der Waals surface area (Å²) in [6.45, 7) is 7.30. The molecule has 1 fully saturated rings. The molecule has 1 amide bonds. The second-order valence-electron chi connectivity index (χ2n) is 3.56. The van der Waals surface area contributed by atoms with Gasteiger partial charge in [-0.3, -0.25) is 4.79 Å². The van der Waals surface area contributed by atoms with Crippen molar-refractivity contribution in [3.63, 3.8) is 0 Å². The third-order valence-electron chi connectivity index (χ3n) is 2.42. The van der Waals surface area contributed by atoms with Gasteiger partial charge in [0.15, 0.2) is 6.29 Å². The van der Waals surface area contributed by atoms with Gasteiger partial charge in [0.05, 0.1) is 6.61 Å². The number of rotatable bonds is 7. The van der Waals surface area contributed by atoms with Crippen LogP contribution in [-0.4, -0.2) is 56.6 Å². The van der Waals surface area contributed by atoms with Gasteiger partial charge in [-0.1, -0.05) is 0 Å². The smallest absolute Gasteiger partial charge is 0.248 e. The fourth-order valence-corrected chi connectivity index (χ4v) is 1.63. The van der Waals surface area contributed by atoms with Crippen molar-refractivity contribution in [2.45, 2.75) is 26.6 Å². The van der Waals surface area contributed by atoms with Crippen LogP contribution in [0.3, 0.4) is 0 Å². The monoisotopic (exact) mass is 231 g/mol. The zero-order chi connectivity index (χ0) is 11.8. The molecule has 1 aliphatic heterocycles. The molecule has 0 radical (unpaired) electrons. The Morgan fingerprint density at radius 1 is 1.38 bits per heavy atom. The van der Waals surface area contributed by atoms with Crippen molar-refractivity contribution in [3.8, 4) is 0 Å². The molecule has 0 aromatic heterocycles. The van der Waals surface area contributed by atoms with Gasteiger partial charge in [0.25, 0.3) is 0 Å². The Balaban J connectivity index is 2.26. The highest BCUT2D eigenvalue weighted by Crippen LogP contribution is 2.06. The minimum Gasteiger partial charge on any atom is -0.370 e. The van der Waals surface area contributed by atoms with Gasteiger partial charge in [-0.25, -0.2) is 0 Å². The molecule has 0 aliphatic carbocycles. The second kappa shape index (κ2) is 7.60. The number of ether oxygens (including phenoxy) is 3. The fourth-order valence-electron chi connectivity index (χ4n) is 1.63. The Kier molecular flexibility index (Phi) is 6.37. The van der Waals surface area contributed by atoms with E-state index < -0.39 is 0 Å². The van der Waals surface area contributed by atoms with Crippen LogP contribution in [0.15, 0.2) is 0 Å². The normalized spacial score (nSPS) is 17.2. The quantitative estimate of drug-likeness (QED) is 0.603. The molecule has 5 nitrogen and oxygen atoms in total. The van der Waals surface area contributed by atoms with Crippen molar-refractivity contribution < 1.29 is 19.0 Å². The summed E-state index contributed by atoms with van der Waals surface area (Å²) in [5, 5.41) is 0. The van der Waals surface area contributed by atoms with Crippen LogP contribution in [0.2, 0.25) is 0 Å². The van der Waals surface area contributed by atoms with Crippen LogP contribution in [-0.2, 0) is 19.0 Å². The Bertz CT molecular complexity index is 204. The lowest BCUT2D eigenvalue weighted by molar-refractivity contribution is -0.152. The molecule has 1 aliphatic rings. The molecule has 5 heteroatoms. The minimum atomic E-state index is -0.203. The molecule has 0 aromatic rings. The van der Waals surface area contributed by atoms with Gasteiger partial charge in [-0.2, -0.15) is 0 Å². The van der Waals surface area contributed by atoms with Crippen molar-refractivity contribution in [1.29, 1.82) is 0 Å². The Morgan fingerprint density at radius 2 is 2.06 bits per heavy atom. The Morgan fingerprint density at radius 3 is 2.62 bits per heavy atom. The molecule has 0 unspecified atom stereocenters. The molecule has 1 heterocycles. The first-order valence-corrected chi connectivity index (χ1v) is 5.86. The summed E-state index contributed by atoms with van der Waals surface area (Å²) in [7, 11) is 0. The third kappa shape index (κ3) is 4.47. The van der Waals surface area contributed by atoms with E-state index in [1.54, 1.807) is 4.90 Å². The van der Waals surface area contributed by atoms with Crippen LogP contribution in [0.5, 0.6) is 0 Å². The van der Waals surface area contributed by atoms with Crippen molar-refractivity contribution in [2.75, 3.05) is 39.5 Å². The number of carbonyl (C=O) groups excluding carboxylic acids is 1. The van der Waals surface area contributed by atoms with Crippen LogP contribution in [0.25, 0.3) is 0 Å². The third-order valence-corrected chi connectivity index (χ3v) is 2.42. The van der Waals surface area contributed by atoms with Gasteiger partial charge in [-0.15, -0.1) is 0 Å². The molecule has 0 saturated carbocycles. The van der Waals surface area contributed by atoms with Crippen molar-refractivity contribution >= 4 is 5.91 Å². The maximum Gasteiger partial charge on any atom is 0.248 e. The summed E-state index contributed by atoms with van der Waals surface area (Å²) >= 11 is 0. The first-order valence-electron chi connectivity index (χ1n) is 5.86. The Labute approximate surface area is 96.6 Å². The first kappa shape index (κ1) is 13.4. The number of nitrogens with zero attached hydrogens (tertiary/aromatic N) is 1. The molecular weight excluding hydrogens is 210 g/mol. The lowest BCUT2D eigenvalue weighted by Crippen LogP contribution is -2.43. The van der Waals surface area contributed by atoms with E-state index in [2.05, 4.69) is 0 Å². The van der Waals surface area contributed by atoms with E-state index in [0.717, 1.165) is 0 Å². The fraction of sp³-hybridized carbons (Fsp3) is 0.909. The summed E-state index contributed by atoms with van der Waals surface area (Å²) in [6, 6.07) is 0. The lowest BCUT2D eigenvalue weighted by Gasteiger charge is -2.28. The molecular formula is C11H21NO4. The van der Waals surface area contributed by atoms with E-state index in [0.29, 0.717) is 39.3 Å². The van der Waals surface area contributed by atoms with E-state index >= 15 is 0 Å². The van der Waals surface area contributed by atoms with Crippen LogP contribution in [0, 0.1) is 0 Å². The van der Waals surface area contributed by atoms with E-state index in [9.17, 15) is 4.79 Å². The molecule has 0 bridgehead atoms. The van der Waals surface area contributed by atoms with Gasteiger partial charge in [-0.05, 0) is 13.8 Å². The number of morpholine rings is 1. The predicted octanol–water partition coefficient (Wildman–Crippen LogP) is 0.634. The van der Waals surface area contributed by atoms with E-state index in [-0.39, 0.29) is 18.8 Å². The highest BCUT2D eigenvalue weighted by Gasteiger charge is 2.19. The van der Waals surface area contributed by atoms with E-state index in [1.165, 1.54) is 0 Å². The summed E-state index contributed by atoms with van der Waals surface area (Å²) < 4.78 is 15.9. The highest BCUT2D eigenvalue weighted by molar-refractivity contribution is 5.77. The van der Waals surface area contributed by atoms with Crippen LogP contribution >= 0.6 is 0 Å². The molecule has 0 spiro atoms. The molecule has 94 valence electrons. The van der Waals surface area contributed by atoms with Crippen molar-refractivity contribution in [2.24, 2.45) is 0 Å². The maximum atomic E-state index is 11.4. The van der Waals surface area contributed by atoms with Gasteiger partial charge in [0.1, 0.15) is 6.61 Å². The Hall–Kier alpha value is -0.650. The summed E-state index contributed by atoms with van der Waals surface area (Å²) in [5.74, 6) is 0.0537. The zero-order valence-electron chi connectivity index (χ0n) is 10.1. The summed E-state index contributed by atoms with van der Waals surface area (Å²) in [4.78, 5) is 13.2. The summed E-state index contributed by atoms with van der Waals surface area (Å²) in [5.41, 5.74) is 0. The van der Waals surface area contributed by atoms with E-state index in [4.69, 9.17) is 14.2 Å². The average Bonchev–Trinajstić information content (AvgIpc) is 2.28. The molecule has 1 saturated heterocycles. The molecule has 16 heavy (non-hydrogen) atoms. The molecule has 0 N–H and O–H groups in total. The number of amides is 1. The average molecular weight is 231 g/mol. The molecule has 1 rings (SSSR count). The standard InChI is InChI=1S/C11H21NO4/c1-3-15-11(16-4-2)5-6-12-7-8-14-9-10(12)13/h11H,3-9H2,1-2H3. The number of hydrogen-bond acceptors (Lipinski definition) is 4. The predicted molar refractivity (Wildman–Crippen MR) is 59.1 cm³/mol. The second-order valence-corrected chi connectivity index (χ2v) is 3.56. The van der Waals surface area contributed by atoms with Crippen LogP contribution < -0.4 is 0 Å². The molecule has 0 atom stereocenters. The van der Waals surface area contributed by atoms with E-state index in [1.807, 2.05) is 13.8 Å². The van der Waals surface area contributed by atoms with Crippen LogP contribution in [0.4, 0.5) is 0 Å². The van der Waals surface area contributed by atoms with Crippen molar-refractivity contribution in [3.05, 3.63) is 0 Å². The number of carbonyl (C=O) groups is 1. The summed E-state index contributed by atoms with van der Waals surface area (Å²) in [6.07, 6.45) is 0.513. The highest BCUT2D eigenvalue weighted by atomic mass is 16.7. The molecule has 0 aromatic carbocycles. The van der Waals surface area contributed by atoms with Gasteiger partial charge < -0.3 is 19.1 Å². The van der Waals surface area contributed by atoms with Crippen molar-refractivity contribution in [1.82, 2.24) is 4.90 Å². The SMILES string of the molecule is CCOC(CCN1CCOCC1=O)OCC. The number of hydrogen-bond donors (Lipinski definition) is 0. The zero-order valence-corrected chi connectivity index (χ0v) is 10.1.